The molecule has 0 fully saturated rings. The van der Waals surface area contributed by atoms with Gasteiger partial charge in [0, 0.05) is 25.0 Å². The van der Waals surface area contributed by atoms with Gasteiger partial charge in [0.2, 0.25) is 5.91 Å². The van der Waals surface area contributed by atoms with Crippen LogP contribution in [0.1, 0.15) is 18.9 Å². The number of methoxy groups -OCH3 is 1. The van der Waals surface area contributed by atoms with Gasteiger partial charge in [0.25, 0.3) is 0 Å². The van der Waals surface area contributed by atoms with Crippen LogP contribution in [0.15, 0.2) is 36.5 Å². The topological polar surface area (TPSA) is 109 Å². The molecule has 8 nitrogen and oxygen atoms in total. The minimum Gasteiger partial charge on any atom is -0.383 e. The van der Waals surface area contributed by atoms with Crippen LogP contribution in [-0.2, 0) is 25.5 Å². The first-order chi connectivity index (χ1) is 12.0. The Balaban J connectivity index is 2.37. The van der Waals surface area contributed by atoms with Gasteiger partial charge in [0.05, 0.1) is 13.0 Å². The summed E-state index contributed by atoms with van der Waals surface area (Å²) in [6, 6.07) is 7.50. The number of hydrogen-bond acceptors (Lipinski definition) is 5. The van der Waals surface area contributed by atoms with E-state index in [2.05, 4.69) is 28.1 Å². The van der Waals surface area contributed by atoms with Crippen molar-refractivity contribution in [2.45, 2.75) is 19.8 Å². The van der Waals surface area contributed by atoms with Crippen molar-refractivity contribution in [2.75, 3.05) is 25.6 Å². The van der Waals surface area contributed by atoms with Crippen molar-refractivity contribution in [1.82, 2.24) is 16.2 Å². The fraction of sp³-hybridized carbons (Fsp3) is 0.353. The summed E-state index contributed by atoms with van der Waals surface area (Å²) in [7, 11) is 1.49. The molecule has 0 saturated heterocycles. The number of hydrogen-bond donors (Lipinski definition) is 4. The van der Waals surface area contributed by atoms with Gasteiger partial charge in [-0.25, -0.2) is 0 Å². The van der Waals surface area contributed by atoms with Crippen LogP contribution in [-0.4, -0.2) is 38.0 Å². The lowest BCUT2D eigenvalue weighted by atomic mass is 10.1. The summed E-state index contributed by atoms with van der Waals surface area (Å²) in [4.78, 5) is 35.0. The quantitative estimate of drug-likeness (QED) is 0.295. The molecular weight excluding hydrogens is 324 g/mol. The molecule has 0 aliphatic rings. The van der Waals surface area contributed by atoms with E-state index in [0.717, 1.165) is 17.7 Å². The van der Waals surface area contributed by atoms with Crippen molar-refractivity contribution in [2.24, 2.45) is 0 Å². The van der Waals surface area contributed by atoms with Gasteiger partial charge in [-0.3, -0.25) is 19.8 Å². The third-order valence-corrected chi connectivity index (χ3v) is 3.20. The average Bonchev–Trinajstić information content (AvgIpc) is 2.60. The number of rotatable bonds is 9. The number of carbonyl (C=O) groups is 3. The van der Waals surface area contributed by atoms with Gasteiger partial charge in [-0.05, 0) is 18.1 Å². The van der Waals surface area contributed by atoms with Crippen LogP contribution in [0, 0.1) is 0 Å². The van der Waals surface area contributed by atoms with E-state index in [0.29, 0.717) is 6.61 Å². The van der Waals surface area contributed by atoms with Crippen LogP contribution in [0.3, 0.4) is 0 Å². The lowest BCUT2D eigenvalue weighted by Gasteiger charge is -2.12. The Hall–Kier alpha value is -2.87. The standard InChI is InChI=1S/C17H24N4O4/c1-4-13-7-5-6-8-14(13)19-15(22)11-12(2)20-21-17(24)16(23)18-9-10-25-3/h5-8,20H,2,4,9-11H2,1,3H3,(H,18,23)(H,19,22)(H,21,24). The number of amides is 3. The van der Waals surface area contributed by atoms with Gasteiger partial charge < -0.3 is 20.8 Å². The molecule has 3 amide bonds. The van der Waals surface area contributed by atoms with Crippen LogP contribution in [0.25, 0.3) is 0 Å². The normalized spacial score (nSPS) is 9.84. The van der Waals surface area contributed by atoms with Crippen molar-refractivity contribution in [3.8, 4) is 0 Å². The number of ether oxygens (including phenoxy) is 1. The van der Waals surface area contributed by atoms with Gasteiger partial charge in [-0.2, -0.15) is 0 Å². The third kappa shape index (κ3) is 7.49. The third-order valence-electron chi connectivity index (χ3n) is 3.20. The molecule has 1 aromatic rings. The Morgan fingerprint density at radius 2 is 1.84 bits per heavy atom. The first-order valence-corrected chi connectivity index (χ1v) is 7.86. The van der Waals surface area contributed by atoms with Crippen molar-refractivity contribution in [1.29, 1.82) is 0 Å². The number of aryl methyl sites for hydroxylation is 1. The van der Waals surface area contributed by atoms with E-state index in [1.54, 1.807) is 0 Å². The Kier molecular flexibility index (Phi) is 8.73. The molecular formula is C17H24N4O4. The average molecular weight is 348 g/mol. The van der Waals surface area contributed by atoms with Crippen LogP contribution < -0.4 is 21.5 Å². The number of nitrogens with one attached hydrogen (secondary N) is 4. The summed E-state index contributed by atoms with van der Waals surface area (Å²) < 4.78 is 4.76. The van der Waals surface area contributed by atoms with Crippen molar-refractivity contribution >= 4 is 23.4 Å². The second-order valence-corrected chi connectivity index (χ2v) is 5.17. The van der Waals surface area contributed by atoms with Crippen LogP contribution in [0.5, 0.6) is 0 Å². The first-order valence-electron chi connectivity index (χ1n) is 7.86. The predicted molar refractivity (Wildman–Crippen MR) is 94.4 cm³/mol. The van der Waals surface area contributed by atoms with Crippen molar-refractivity contribution < 1.29 is 19.1 Å². The maximum atomic E-state index is 12.0. The second-order valence-electron chi connectivity index (χ2n) is 5.17. The highest BCUT2D eigenvalue weighted by atomic mass is 16.5. The van der Waals surface area contributed by atoms with Gasteiger partial charge in [-0.1, -0.05) is 31.7 Å². The summed E-state index contributed by atoms with van der Waals surface area (Å²) in [6.45, 7) is 6.18. The Morgan fingerprint density at radius 3 is 2.52 bits per heavy atom. The number of benzene rings is 1. The second kappa shape index (κ2) is 10.8. The molecule has 0 bridgehead atoms. The zero-order chi connectivity index (χ0) is 18.7. The molecule has 8 heteroatoms. The van der Waals surface area contributed by atoms with Crippen LogP contribution >= 0.6 is 0 Å². The van der Waals surface area contributed by atoms with E-state index in [1.165, 1.54) is 7.11 Å². The molecule has 25 heavy (non-hydrogen) atoms. The van der Waals surface area contributed by atoms with E-state index in [-0.39, 0.29) is 24.6 Å². The van der Waals surface area contributed by atoms with E-state index in [9.17, 15) is 14.4 Å². The van der Waals surface area contributed by atoms with Crippen LogP contribution in [0.2, 0.25) is 0 Å². The molecule has 0 atom stereocenters. The molecule has 0 heterocycles. The zero-order valence-electron chi connectivity index (χ0n) is 14.5. The summed E-state index contributed by atoms with van der Waals surface area (Å²) in [5.41, 5.74) is 6.65. The highest BCUT2D eigenvalue weighted by Gasteiger charge is 2.13. The minimum absolute atomic E-state index is 0.0520. The molecule has 0 unspecified atom stereocenters. The van der Waals surface area contributed by atoms with Gasteiger partial charge >= 0.3 is 11.8 Å². The van der Waals surface area contributed by atoms with Gasteiger partial charge in [0.15, 0.2) is 0 Å². The Bertz CT molecular complexity index is 631. The monoisotopic (exact) mass is 348 g/mol. The molecule has 1 aromatic carbocycles. The maximum absolute atomic E-state index is 12.0. The fourth-order valence-corrected chi connectivity index (χ4v) is 1.93. The minimum atomic E-state index is -0.881. The Labute approximate surface area is 147 Å². The van der Waals surface area contributed by atoms with Crippen molar-refractivity contribution in [3.05, 3.63) is 42.1 Å². The SMILES string of the molecule is C=C(CC(=O)Nc1ccccc1CC)NNC(=O)C(=O)NCCOC. The van der Waals surface area contributed by atoms with Crippen molar-refractivity contribution in [3.63, 3.8) is 0 Å². The maximum Gasteiger partial charge on any atom is 0.327 e. The molecule has 0 saturated carbocycles. The fourth-order valence-electron chi connectivity index (χ4n) is 1.93. The van der Waals surface area contributed by atoms with E-state index >= 15 is 0 Å². The number of carbonyl (C=O) groups excluding carboxylic acids is 3. The molecule has 4 N–H and O–H groups in total. The molecule has 0 aliphatic heterocycles. The summed E-state index contributed by atoms with van der Waals surface area (Å²) in [5.74, 6) is -1.97. The summed E-state index contributed by atoms with van der Waals surface area (Å²) in [5, 5.41) is 5.16. The molecule has 0 spiro atoms. The van der Waals surface area contributed by atoms with E-state index in [4.69, 9.17) is 4.74 Å². The van der Waals surface area contributed by atoms with E-state index < -0.39 is 11.8 Å². The highest BCUT2D eigenvalue weighted by Crippen LogP contribution is 2.15. The molecule has 0 aromatic heterocycles. The molecule has 1 rings (SSSR count). The first kappa shape index (κ1) is 20.2. The Morgan fingerprint density at radius 1 is 1.12 bits per heavy atom. The number of para-hydroxylation sites is 1. The zero-order valence-corrected chi connectivity index (χ0v) is 14.5. The van der Waals surface area contributed by atoms with Crippen LogP contribution in [0.4, 0.5) is 5.69 Å². The summed E-state index contributed by atoms with van der Waals surface area (Å²) >= 11 is 0. The summed E-state index contributed by atoms with van der Waals surface area (Å²) in [6.07, 6.45) is 0.744. The molecule has 0 aliphatic carbocycles. The number of hydrazine groups is 1. The lowest BCUT2D eigenvalue weighted by Crippen LogP contribution is -2.46. The molecule has 0 radical (unpaired) electrons. The smallest absolute Gasteiger partial charge is 0.327 e. The van der Waals surface area contributed by atoms with Gasteiger partial charge in [-0.15, -0.1) is 0 Å². The van der Waals surface area contributed by atoms with Gasteiger partial charge in [0.1, 0.15) is 0 Å². The largest absolute Gasteiger partial charge is 0.383 e. The molecule has 136 valence electrons. The lowest BCUT2D eigenvalue weighted by molar-refractivity contribution is -0.139. The number of anilines is 1. The predicted octanol–water partition coefficient (Wildman–Crippen LogP) is 0.475. The van der Waals surface area contributed by atoms with E-state index in [1.807, 2.05) is 31.2 Å². The highest BCUT2D eigenvalue weighted by molar-refractivity contribution is 6.34.